The van der Waals surface area contributed by atoms with Crippen LogP contribution in [0.3, 0.4) is 0 Å². The van der Waals surface area contributed by atoms with E-state index < -0.39 is 0 Å². The van der Waals surface area contributed by atoms with Gasteiger partial charge >= 0.3 is 0 Å². The Bertz CT molecular complexity index is 318. The Morgan fingerprint density at radius 2 is 2.27 bits per heavy atom. The molecule has 0 aromatic heterocycles. The highest BCUT2D eigenvalue weighted by Crippen LogP contribution is 2.45. The fraction of sp³-hybridized carbons (Fsp3) is 0.538. The van der Waals surface area contributed by atoms with Crippen LogP contribution in [0.2, 0.25) is 0 Å². The standard InChI is InChI=1S/C13H20N2/c1-5-15-9-12-13(4,7-6-8-14-12)10(2)11(15)3/h5,12,14H,1-3,6-9H2,4H3/t12-,13+/m0/s1. The van der Waals surface area contributed by atoms with E-state index in [1.165, 1.54) is 18.4 Å². The first-order chi connectivity index (χ1) is 7.09. The molecule has 0 saturated carbocycles. The zero-order chi connectivity index (χ0) is 11.1. The summed E-state index contributed by atoms with van der Waals surface area (Å²) < 4.78 is 0. The molecule has 2 saturated heterocycles. The second-order valence-electron chi connectivity index (χ2n) is 4.79. The van der Waals surface area contributed by atoms with E-state index in [0.717, 1.165) is 18.8 Å². The molecule has 2 aliphatic rings. The number of likely N-dealkylation sites (tertiary alicyclic amines) is 1. The normalized spacial score (nSPS) is 36.3. The number of nitrogens with one attached hydrogen (secondary N) is 1. The van der Waals surface area contributed by atoms with Crippen LogP contribution in [0.15, 0.2) is 37.2 Å². The summed E-state index contributed by atoms with van der Waals surface area (Å²) in [5.74, 6) is 0. The molecule has 1 N–H and O–H groups in total. The van der Waals surface area contributed by atoms with Crippen molar-refractivity contribution in [1.29, 1.82) is 0 Å². The summed E-state index contributed by atoms with van der Waals surface area (Å²) in [4.78, 5) is 2.10. The highest BCUT2D eigenvalue weighted by atomic mass is 15.2. The summed E-state index contributed by atoms with van der Waals surface area (Å²) in [7, 11) is 0. The summed E-state index contributed by atoms with van der Waals surface area (Å²) in [6.45, 7) is 16.5. The van der Waals surface area contributed by atoms with Crippen molar-refractivity contribution >= 4 is 0 Å². The number of rotatable bonds is 1. The molecule has 0 amide bonds. The van der Waals surface area contributed by atoms with E-state index in [-0.39, 0.29) is 5.41 Å². The number of piperidine rings is 2. The average molecular weight is 204 g/mol. The summed E-state index contributed by atoms with van der Waals surface area (Å²) >= 11 is 0. The molecular formula is C13H20N2. The first-order valence-electron chi connectivity index (χ1n) is 5.61. The van der Waals surface area contributed by atoms with Crippen molar-refractivity contribution in [3.63, 3.8) is 0 Å². The Balaban J connectivity index is 2.31. The van der Waals surface area contributed by atoms with Crippen LogP contribution < -0.4 is 5.32 Å². The number of hydrogen-bond acceptors (Lipinski definition) is 2. The minimum Gasteiger partial charge on any atom is -0.347 e. The SMILES string of the molecule is C=CN1C[C@@H]2NCCC[C@]2(C)C(=C)C1=C. The average Bonchev–Trinajstić information content (AvgIpc) is 2.25. The zero-order valence-electron chi connectivity index (χ0n) is 9.55. The minimum absolute atomic E-state index is 0.189. The van der Waals surface area contributed by atoms with Crippen molar-refractivity contribution in [1.82, 2.24) is 10.2 Å². The molecule has 82 valence electrons. The van der Waals surface area contributed by atoms with E-state index in [1.807, 2.05) is 6.20 Å². The van der Waals surface area contributed by atoms with Crippen molar-refractivity contribution in [3.8, 4) is 0 Å². The lowest BCUT2D eigenvalue weighted by molar-refractivity contribution is 0.146. The number of fused-ring (bicyclic) bond motifs is 1. The molecule has 0 radical (unpaired) electrons. The Labute approximate surface area is 92.3 Å². The first kappa shape index (κ1) is 10.5. The highest BCUT2D eigenvalue weighted by molar-refractivity contribution is 5.37. The molecule has 2 fully saturated rings. The molecule has 2 heterocycles. The summed E-state index contributed by atoms with van der Waals surface area (Å²) in [5.41, 5.74) is 2.40. The van der Waals surface area contributed by atoms with Crippen molar-refractivity contribution in [3.05, 3.63) is 37.2 Å². The van der Waals surface area contributed by atoms with E-state index in [2.05, 4.69) is 36.9 Å². The molecule has 2 atom stereocenters. The van der Waals surface area contributed by atoms with Gasteiger partial charge in [-0.05, 0) is 31.2 Å². The van der Waals surface area contributed by atoms with Gasteiger partial charge in [0, 0.05) is 23.7 Å². The van der Waals surface area contributed by atoms with Gasteiger partial charge in [-0.2, -0.15) is 0 Å². The third-order valence-electron chi connectivity index (χ3n) is 4.02. The second-order valence-corrected chi connectivity index (χ2v) is 4.79. The maximum Gasteiger partial charge on any atom is 0.0387 e. The van der Waals surface area contributed by atoms with Crippen LogP contribution in [0.4, 0.5) is 0 Å². The summed E-state index contributed by atoms with van der Waals surface area (Å²) in [6, 6.07) is 0.488. The van der Waals surface area contributed by atoms with Gasteiger partial charge in [0.2, 0.25) is 0 Å². The lowest BCUT2D eigenvalue weighted by atomic mass is 9.67. The summed E-state index contributed by atoms with van der Waals surface area (Å²) in [6.07, 6.45) is 4.30. The molecule has 0 unspecified atom stereocenters. The Hall–Kier alpha value is -1.02. The van der Waals surface area contributed by atoms with Gasteiger partial charge in [-0.15, -0.1) is 0 Å². The molecule has 0 aromatic rings. The van der Waals surface area contributed by atoms with Crippen LogP contribution in [0, 0.1) is 5.41 Å². The van der Waals surface area contributed by atoms with Gasteiger partial charge in [0.05, 0.1) is 0 Å². The van der Waals surface area contributed by atoms with E-state index in [0.29, 0.717) is 6.04 Å². The fourth-order valence-corrected chi connectivity index (χ4v) is 2.75. The third-order valence-corrected chi connectivity index (χ3v) is 4.02. The van der Waals surface area contributed by atoms with Crippen molar-refractivity contribution in [2.75, 3.05) is 13.1 Å². The second kappa shape index (κ2) is 3.53. The maximum absolute atomic E-state index is 4.22. The van der Waals surface area contributed by atoms with Gasteiger partial charge in [-0.25, -0.2) is 0 Å². The van der Waals surface area contributed by atoms with Gasteiger partial charge in [-0.3, -0.25) is 0 Å². The highest BCUT2D eigenvalue weighted by Gasteiger charge is 2.44. The molecule has 0 aromatic carbocycles. The molecule has 0 bridgehead atoms. The van der Waals surface area contributed by atoms with Crippen LogP contribution in [0.1, 0.15) is 19.8 Å². The van der Waals surface area contributed by atoms with E-state index >= 15 is 0 Å². The van der Waals surface area contributed by atoms with E-state index in [9.17, 15) is 0 Å². The minimum atomic E-state index is 0.189. The largest absolute Gasteiger partial charge is 0.347 e. The zero-order valence-corrected chi connectivity index (χ0v) is 9.55. The molecule has 15 heavy (non-hydrogen) atoms. The van der Waals surface area contributed by atoms with Crippen LogP contribution in [-0.2, 0) is 0 Å². The smallest absolute Gasteiger partial charge is 0.0387 e. The quantitative estimate of drug-likeness (QED) is 0.705. The Morgan fingerprint density at radius 1 is 1.53 bits per heavy atom. The van der Waals surface area contributed by atoms with Crippen LogP contribution in [0.5, 0.6) is 0 Å². The van der Waals surface area contributed by atoms with E-state index in [1.54, 1.807) is 0 Å². The topological polar surface area (TPSA) is 15.3 Å². The molecule has 2 rings (SSSR count). The molecule has 2 heteroatoms. The lowest BCUT2D eigenvalue weighted by Crippen LogP contribution is -2.57. The van der Waals surface area contributed by atoms with Crippen LogP contribution in [-0.4, -0.2) is 24.0 Å². The predicted molar refractivity (Wildman–Crippen MR) is 64.3 cm³/mol. The predicted octanol–water partition coefficient (Wildman–Crippen LogP) is 2.27. The molecule has 2 nitrogen and oxygen atoms in total. The van der Waals surface area contributed by atoms with Crippen LogP contribution >= 0.6 is 0 Å². The van der Waals surface area contributed by atoms with Gasteiger partial charge in [0.25, 0.3) is 0 Å². The maximum atomic E-state index is 4.22. The first-order valence-corrected chi connectivity index (χ1v) is 5.61. The molecule has 0 aliphatic carbocycles. The third kappa shape index (κ3) is 1.44. The van der Waals surface area contributed by atoms with Gasteiger partial charge in [0.1, 0.15) is 0 Å². The van der Waals surface area contributed by atoms with Gasteiger partial charge < -0.3 is 10.2 Å². The molecule has 2 aliphatic heterocycles. The Kier molecular flexibility index (Phi) is 2.47. The van der Waals surface area contributed by atoms with Gasteiger partial charge in [0.15, 0.2) is 0 Å². The van der Waals surface area contributed by atoms with Crippen LogP contribution in [0.25, 0.3) is 0 Å². The Morgan fingerprint density at radius 3 is 2.93 bits per heavy atom. The summed E-state index contributed by atoms with van der Waals surface area (Å²) in [5, 5.41) is 3.59. The van der Waals surface area contributed by atoms with Crippen molar-refractivity contribution in [2.24, 2.45) is 5.41 Å². The lowest BCUT2D eigenvalue weighted by Gasteiger charge is -2.51. The van der Waals surface area contributed by atoms with Crippen molar-refractivity contribution in [2.45, 2.75) is 25.8 Å². The number of nitrogens with zero attached hydrogens (tertiary/aromatic N) is 1. The number of allylic oxidation sites excluding steroid dienone is 1. The monoisotopic (exact) mass is 204 g/mol. The van der Waals surface area contributed by atoms with E-state index in [4.69, 9.17) is 0 Å². The van der Waals surface area contributed by atoms with Gasteiger partial charge in [-0.1, -0.05) is 26.7 Å². The molecule has 0 spiro atoms. The number of hydrogen-bond donors (Lipinski definition) is 1. The fourth-order valence-electron chi connectivity index (χ4n) is 2.75. The molecular weight excluding hydrogens is 184 g/mol. The van der Waals surface area contributed by atoms with Crippen molar-refractivity contribution < 1.29 is 0 Å².